The molecule has 0 saturated carbocycles. The molecule has 104 valence electrons. The molecule has 1 aliphatic rings. The second-order valence-electron chi connectivity index (χ2n) is 3.78. The Kier molecular flexibility index (Phi) is 4.32. The van der Waals surface area contributed by atoms with Crippen molar-refractivity contribution in [1.82, 2.24) is 15.6 Å². The number of nitrogens with zero attached hydrogens (tertiary/aromatic N) is 2. The number of nitrogens with two attached hydrogens (primary N) is 1. The summed E-state index contributed by atoms with van der Waals surface area (Å²) in [6, 6.07) is 3.28. The van der Waals surface area contributed by atoms with Crippen molar-refractivity contribution in [1.29, 1.82) is 5.26 Å². The normalized spacial score (nSPS) is 16.3. The zero-order valence-electron chi connectivity index (χ0n) is 10.7. The molecule has 2 rings (SSSR count). The minimum Gasteiger partial charge on any atom is -0.477 e. The van der Waals surface area contributed by atoms with Crippen LogP contribution in [-0.4, -0.2) is 23.0 Å². The molecule has 0 spiro atoms. The van der Waals surface area contributed by atoms with Crippen LogP contribution in [0.5, 0.6) is 5.88 Å². The molecule has 20 heavy (non-hydrogen) atoms. The number of anilines is 1. The first-order chi connectivity index (χ1) is 9.65. The zero-order chi connectivity index (χ0) is 14.5. The molecule has 1 aromatic heterocycles. The van der Waals surface area contributed by atoms with Crippen LogP contribution in [0.2, 0.25) is 0 Å². The molecule has 0 saturated heterocycles. The van der Waals surface area contributed by atoms with E-state index in [1.807, 2.05) is 11.5 Å². The Bertz CT molecular complexity index is 588. The van der Waals surface area contributed by atoms with E-state index in [0.717, 1.165) is 0 Å². The van der Waals surface area contributed by atoms with Crippen molar-refractivity contribution in [3.63, 3.8) is 0 Å². The Labute approximate surface area is 120 Å². The Balaban J connectivity index is 2.23. The van der Waals surface area contributed by atoms with E-state index in [1.165, 1.54) is 17.8 Å². The summed E-state index contributed by atoms with van der Waals surface area (Å²) in [6.45, 7) is 2.09. The number of hydrogen-bond acceptors (Lipinski definition) is 7. The molecule has 1 atom stereocenters. The van der Waals surface area contributed by atoms with Crippen molar-refractivity contribution >= 4 is 23.4 Å². The van der Waals surface area contributed by atoms with Gasteiger partial charge in [-0.05, 0) is 18.4 Å². The van der Waals surface area contributed by atoms with Gasteiger partial charge in [0.1, 0.15) is 17.3 Å². The Morgan fingerprint density at radius 2 is 2.55 bits per heavy atom. The van der Waals surface area contributed by atoms with Crippen molar-refractivity contribution < 1.29 is 9.53 Å². The maximum absolute atomic E-state index is 12.1. The number of pyridine rings is 1. The van der Waals surface area contributed by atoms with Gasteiger partial charge >= 0.3 is 0 Å². The van der Waals surface area contributed by atoms with Crippen molar-refractivity contribution in [2.45, 2.75) is 12.4 Å². The molecular weight excluding hydrogens is 278 g/mol. The van der Waals surface area contributed by atoms with E-state index in [2.05, 4.69) is 15.6 Å². The second-order valence-corrected chi connectivity index (χ2v) is 4.80. The predicted molar refractivity (Wildman–Crippen MR) is 75.7 cm³/mol. The van der Waals surface area contributed by atoms with Crippen LogP contribution in [0.1, 0.15) is 23.0 Å². The molecule has 1 aliphatic heterocycles. The van der Waals surface area contributed by atoms with Gasteiger partial charge in [-0.2, -0.15) is 5.26 Å². The van der Waals surface area contributed by atoms with E-state index < -0.39 is 5.91 Å². The average molecular weight is 291 g/mol. The Morgan fingerprint density at radius 3 is 3.15 bits per heavy atom. The van der Waals surface area contributed by atoms with Gasteiger partial charge in [-0.15, -0.1) is 0 Å². The van der Waals surface area contributed by atoms with E-state index >= 15 is 0 Å². The molecule has 0 aliphatic carbocycles. The summed E-state index contributed by atoms with van der Waals surface area (Å²) in [6.07, 6.45) is 1.74. The zero-order valence-corrected chi connectivity index (χ0v) is 11.5. The first kappa shape index (κ1) is 14.0. The number of nitrogen functional groups attached to an aromatic ring is 1. The maximum atomic E-state index is 12.1. The SMILES string of the molecule is CCOc1nc(C(=O)NC2NC=CS2)cc(N)c1C#N. The standard InChI is InChI=1S/C12H13N5O2S/c1-2-19-11-7(6-13)8(14)5-9(16-11)10(18)17-12-15-3-4-20-12/h3-5,12,15H,2H2,1H3,(H2,14,16)(H,17,18). The monoisotopic (exact) mass is 291 g/mol. The molecule has 8 heteroatoms. The lowest BCUT2D eigenvalue weighted by Crippen LogP contribution is -2.39. The fourth-order valence-corrected chi connectivity index (χ4v) is 2.21. The summed E-state index contributed by atoms with van der Waals surface area (Å²) >= 11 is 1.43. The lowest BCUT2D eigenvalue weighted by Gasteiger charge is -2.13. The van der Waals surface area contributed by atoms with Gasteiger partial charge in [-0.25, -0.2) is 4.98 Å². The van der Waals surface area contributed by atoms with E-state index in [4.69, 9.17) is 15.7 Å². The number of amides is 1. The second kappa shape index (κ2) is 6.16. The van der Waals surface area contributed by atoms with E-state index in [-0.39, 0.29) is 28.3 Å². The topological polar surface area (TPSA) is 113 Å². The van der Waals surface area contributed by atoms with E-state index in [1.54, 1.807) is 13.1 Å². The van der Waals surface area contributed by atoms with Crippen LogP contribution in [-0.2, 0) is 0 Å². The Hall–Kier alpha value is -2.40. The van der Waals surface area contributed by atoms with Crippen LogP contribution in [0.3, 0.4) is 0 Å². The molecule has 1 amide bonds. The quantitative estimate of drug-likeness (QED) is 0.750. The van der Waals surface area contributed by atoms with Gasteiger partial charge in [0.15, 0.2) is 5.50 Å². The first-order valence-corrected chi connectivity index (χ1v) is 6.80. The van der Waals surface area contributed by atoms with Gasteiger partial charge in [0.2, 0.25) is 5.88 Å². The van der Waals surface area contributed by atoms with Crippen LogP contribution in [0.4, 0.5) is 5.69 Å². The number of nitrogens with one attached hydrogen (secondary N) is 2. The molecule has 0 aromatic carbocycles. The van der Waals surface area contributed by atoms with Crippen molar-refractivity contribution in [2.75, 3.05) is 12.3 Å². The van der Waals surface area contributed by atoms with Gasteiger partial charge in [-0.3, -0.25) is 4.79 Å². The van der Waals surface area contributed by atoms with Gasteiger partial charge in [0, 0.05) is 6.20 Å². The fraction of sp³-hybridized carbons (Fsp3) is 0.250. The molecular formula is C12H13N5O2S. The molecule has 4 N–H and O–H groups in total. The molecule has 2 heterocycles. The Morgan fingerprint density at radius 1 is 1.75 bits per heavy atom. The molecule has 0 bridgehead atoms. The van der Waals surface area contributed by atoms with E-state index in [9.17, 15) is 4.79 Å². The van der Waals surface area contributed by atoms with Gasteiger partial charge in [-0.1, -0.05) is 11.8 Å². The van der Waals surface area contributed by atoms with Crippen LogP contribution in [0, 0.1) is 11.3 Å². The van der Waals surface area contributed by atoms with E-state index in [0.29, 0.717) is 6.61 Å². The number of aromatic nitrogens is 1. The summed E-state index contributed by atoms with van der Waals surface area (Å²) in [5, 5.41) is 16.5. The first-order valence-electron chi connectivity index (χ1n) is 5.86. The van der Waals surface area contributed by atoms with Crippen LogP contribution < -0.4 is 21.1 Å². The molecule has 0 fully saturated rings. The number of carbonyl (C=O) groups excluding carboxylic acids is 1. The number of thioether (sulfide) groups is 1. The average Bonchev–Trinajstić information content (AvgIpc) is 2.91. The third-order valence-corrected chi connectivity index (χ3v) is 3.25. The maximum Gasteiger partial charge on any atom is 0.272 e. The number of ether oxygens (including phenoxy) is 1. The number of carbonyl (C=O) groups is 1. The highest BCUT2D eigenvalue weighted by atomic mass is 32.2. The van der Waals surface area contributed by atoms with Crippen LogP contribution in [0.15, 0.2) is 17.7 Å². The fourth-order valence-electron chi connectivity index (χ4n) is 1.56. The smallest absolute Gasteiger partial charge is 0.272 e. The highest BCUT2D eigenvalue weighted by Gasteiger charge is 2.19. The van der Waals surface area contributed by atoms with Gasteiger partial charge in [0.25, 0.3) is 5.91 Å². The number of hydrogen-bond donors (Lipinski definition) is 3. The lowest BCUT2D eigenvalue weighted by molar-refractivity contribution is 0.0941. The number of nitriles is 1. The van der Waals surface area contributed by atoms with Crippen molar-refractivity contribution in [3.05, 3.63) is 28.9 Å². The van der Waals surface area contributed by atoms with Crippen LogP contribution >= 0.6 is 11.8 Å². The molecule has 7 nitrogen and oxygen atoms in total. The van der Waals surface area contributed by atoms with Crippen LogP contribution in [0.25, 0.3) is 0 Å². The minimum absolute atomic E-state index is 0.0744. The van der Waals surface area contributed by atoms with Gasteiger partial charge < -0.3 is 21.1 Å². The van der Waals surface area contributed by atoms with Crippen molar-refractivity contribution in [3.8, 4) is 11.9 Å². The molecule has 1 aromatic rings. The summed E-state index contributed by atoms with van der Waals surface area (Å²) in [4.78, 5) is 16.1. The third-order valence-electron chi connectivity index (χ3n) is 2.43. The summed E-state index contributed by atoms with van der Waals surface area (Å²) < 4.78 is 5.24. The number of rotatable bonds is 4. The lowest BCUT2D eigenvalue weighted by atomic mass is 10.2. The highest BCUT2D eigenvalue weighted by molar-refractivity contribution is 8.02. The largest absolute Gasteiger partial charge is 0.477 e. The minimum atomic E-state index is -0.393. The molecule has 0 radical (unpaired) electrons. The van der Waals surface area contributed by atoms with Gasteiger partial charge in [0.05, 0.1) is 12.3 Å². The summed E-state index contributed by atoms with van der Waals surface area (Å²) in [5.74, 6) is -0.318. The summed E-state index contributed by atoms with van der Waals surface area (Å²) in [7, 11) is 0. The third kappa shape index (κ3) is 2.95. The summed E-state index contributed by atoms with van der Waals surface area (Å²) in [5.41, 5.74) is 5.93. The highest BCUT2D eigenvalue weighted by Crippen LogP contribution is 2.23. The van der Waals surface area contributed by atoms with Crippen molar-refractivity contribution in [2.24, 2.45) is 0 Å². The predicted octanol–water partition coefficient (Wildman–Crippen LogP) is 0.755. The molecule has 1 unspecified atom stereocenters.